The number of nitrogens with zero attached hydrogens (tertiary/aromatic N) is 2. The maximum atomic E-state index is 5.57. The Hall–Kier alpha value is 2.64. The van der Waals surface area contributed by atoms with Gasteiger partial charge in [-0.05, 0) is 25.9 Å². The number of nitrogens with two attached hydrogens (primary N) is 4. The molecule has 0 aliphatic heterocycles. The Labute approximate surface area is 211 Å². The highest BCUT2D eigenvalue weighted by Gasteiger charge is 2.05. The Balaban J connectivity index is -0.0000000963. The van der Waals surface area contributed by atoms with Gasteiger partial charge in [0, 0.05) is 52.4 Å². The van der Waals surface area contributed by atoms with E-state index in [0.29, 0.717) is 26.2 Å². The van der Waals surface area contributed by atoms with Crippen LogP contribution < -0.4 is 22.9 Å². The van der Waals surface area contributed by atoms with Gasteiger partial charge >= 0.3 is 0 Å². The van der Waals surface area contributed by atoms with Gasteiger partial charge in [-0.25, -0.2) is 0 Å². The van der Waals surface area contributed by atoms with Gasteiger partial charge < -0.3 is 32.7 Å². The van der Waals surface area contributed by atoms with Crippen molar-refractivity contribution in [3.8, 4) is 0 Å². The third-order valence-corrected chi connectivity index (χ3v) is 2.98. The molecule has 0 saturated carbocycles. The highest BCUT2D eigenvalue weighted by atomic mass is 79.9. The van der Waals surface area contributed by atoms with Gasteiger partial charge in [0.1, 0.15) is 0 Å². The molecule has 0 fully saturated rings. The molecular formula is C12H38Br6N6. The fourth-order valence-corrected chi connectivity index (χ4v) is 2.07. The highest BCUT2D eigenvalue weighted by Crippen LogP contribution is 1.97. The topological polar surface area (TPSA) is 111 Å². The van der Waals surface area contributed by atoms with Gasteiger partial charge in [0.25, 0.3) is 0 Å². The summed E-state index contributed by atoms with van der Waals surface area (Å²) in [6.45, 7) is 8.71. The summed E-state index contributed by atoms with van der Waals surface area (Å²) in [6, 6.07) is 0. The first-order chi connectivity index (χ1) is 8.78. The van der Waals surface area contributed by atoms with Crippen molar-refractivity contribution >= 4 is 102 Å². The van der Waals surface area contributed by atoms with E-state index < -0.39 is 0 Å². The molecule has 0 aromatic rings. The molecule has 0 atom stereocenters. The van der Waals surface area contributed by atoms with Crippen molar-refractivity contribution in [3.63, 3.8) is 0 Å². The van der Waals surface area contributed by atoms with E-state index in [1.54, 1.807) is 0 Å². The maximum absolute atomic E-state index is 5.57. The quantitative estimate of drug-likeness (QED) is 0.214. The van der Waals surface area contributed by atoms with E-state index in [0.717, 1.165) is 39.3 Å². The van der Waals surface area contributed by atoms with Gasteiger partial charge in [0.05, 0.1) is 0 Å². The van der Waals surface area contributed by atoms with Crippen molar-refractivity contribution in [2.24, 2.45) is 22.9 Å². The highest BCUT2D eigenvalue weighted by molar-refractivity contribution is 8.93. The Morgan fingerprint density at radius 3 is 0.750 bits per heavy atom. The van der Waals surface area contributed by atoms with Crippen LogP contribution in [0.3, 0.4) is 0 Å². The van der Waals surface area contributed by atoms with E-state index in [1.165, 1.54) is 12.8 Å². The van der Waals surface area contributed by atoms with Crippen LogP contribution in [0.2, 0.25) is 0 Å². The molecule has 0 aromatic heterocycles. The second-order valence-corrected chi connectivity index (χ2v) is 4.55. The van der Waals surface area contributed by atoms with Crippen LogP contribution in [0.25, 0.3) is 0 Å². The first kappa shape index (κ1) is 45.4. The number of rotatable bonds is 13. The standard InChI is InChI=1S/C12H32N6.6BrH/c13-3-9-17(10-4-14)7-1-2-8-18(11-5-15)12-6-16;;;;;;/h1-16H2;6*1H. The van der Waals surface area contributed by atoms with Gasteiger partial charge in [0.2, 0.25) is 0 Å². The molecule has 0 aromatic carbocycles. The van der Waals surface area contributed by atoms with Crippen LogP contribution in [0.1, 0.15) is 12.8 Å². The van der Waals surface area contributed by atoms with E-state index in [2.05, 4.69) is 9.80 Å². The van der Waals surface area contributed by atoms with E-state index >= 15 is 0 Å². The fraction of sp³-hybridized carbons (Fsp3) is 1.00. The molecule has 0 heterocycles. The summed E-state index contributed by atoms with van der Waals surface area (Å²) in [7, 11) is 0. The summed E-state index contributed by atoms with van der Waals surface area (Å²) in [5.74, 6) is 0. The molecule has 0 aliphatic carbocycles. The second-order valence-electron chi connectivity index (χ2n) is 4.55. The Bertz CT molecular complexity index is 156. The summed E-state index contributed by atoms with van der Waals surface area (Å²) >= 11 is 0. The molecular weight excluding hydrogens is 708 g/mol. The summed E-state index contributed by atoms with van der Waals surface area (Å²) < 4.78 is 0. The first-order valence-electron chi connectivity index (χ1n) is 7.03. The second kappa shape index (κ2) is 36.5. The third-order valence-electron chi connectivity index (χ3n) is 2.98. The number of hydrogen-bond donors (Lipinski definition) is 4. The molecule has 12 heteroatoms. The zero-order valence-corrected chi connectivity index (χ0v) is 24.4. The van der Waals surface area contributed by atoms with Gasteiger partial charge in [-0.2, -0.15) is 0 Å². The summed E-state index contributed by atoms with van der Waals surface area (Å²) in [5, 5.41) is 0. The predicted molar refractivity (Wildman–Crippen MR) is 140 cm³/mol. The minimum atomic E-state index is 0. The number of halogens is 6. The van der Waals surface area contributed by atoms with Crippen LogP contribution in [0.4, 0.5) is 0 Å². The van der Waals surface area contributed by atoms with E-state index in [9.17, 15) is 0 Å². The average molecular weight is 746 g/mol. The summed E-state index contributed by atoms with van der Waals surface area (Å²) in [5.41, 5.74) is 22.3. The fourth-order valence-electron chi connectivity index (χ4n) is 2.07. The lowest BCUT2D eigenvalue weighted by Gasteiger charge is -2.23. The Morgan fingerprint density at radius 2 is 0.583 bits per heavy atom. The normalized spacial score (nSPS) is 8.75. The predicted octanol–water partition coefficient (Wildman–Crippen LogP) is 1.67. The molecule has 0 unspecified atom stereocenters. The zero-order chi connectivity index (χ0) is 13.6. The van der Waals surface area contributed by atoms with Crippen molar-refractivity contribution in [3.05, 3.63) is 0 Å². The van der Waals surface area contributed by atoms with Crippen LogP contribution >= 0.6 is 102 Å². The largest absolute Gasteiger partial charge is 0.329 e. The molecule has 8 N–H and O–H groups in total. The van der Waals surface area contributed by atoms with Crippen molar-refractivity contribution in [1.29, 1.82) is 0 Å². The molecule has 24 heavy (non-hydrogen) atoms. The van der Waals surface area contributed by atoms with Crippen molar-refractivity contribution in [2.45, 2.75) is 12.8 Å². The molecule has 0 saturated heterocycles. The zero-order valence-electron chi connectivity index (χ0n) is 14.1. The van der Waals surface area contributed by atoms with Crippen molar-refractivity contribution < 1.29 is 0 Å². The SMILES string of the molecule is Br.Br.Br.Br.Br.Br.NCCN(CCN)CCCCN(CCN)CCN. The lowest BCUT2D eigenvalue weighted by Crippen LogP contribution is -2.36. The summed E-state index contributed by atoms with van der Waals surface area (Å²) in [6.07, 6.45) is 2.34. The minimum absolute atomic E-state index is 0. The molecule has 0 spiro atoms. The van der Waals surface area contributed by atoms with Crippen molar-refractivity contribution in [2.75, 3.05) is 65.4 Å². The lowest BCUT2D eigenvalue weighted by atomic mass is 10.2. The molecule has 0 radical (unpaired) electrons. The smallest absolute Gasteiger partial charge is 0.0105 e. The minimum Gasteiger partial charge on any atom is -0.329 e. The first-order valence-corrected chi connectivity index (χ1v) is 7.03. The van der Waals surface area contributed by atoms with E-state index in [-0.39, 0.29) is 102 Å². The van der Waals surface area contributed by atoms with Gasteiger partial charge in [-0.3, -0.25) is 0 Å². The average Bonchev–Trinajstić information content (AvgIpc) is 2.35. The lowest BCUT2D eigenvalue weighted by molar-refractivity contribution is 0.253. The molecule has 0 bridgehead atoms. The maximum Gasteiger partial charge on any atom is 0.0105 e. The number of hydrogen-bond acceptors (Lipinski definition) is 6. The monoisotopic (exact) mass is 740 g/mol. The summed E-state index contributed by atoms with van der Waals surface area (Å²) in [4.78, 5) is 4.66. The molecule has 158 valence electrons. The van der Waals surface area contributed by atoms with Crippen LogP contribution in [0.5, 0.6) is 0 Å². The Kier molecular flexibility index (Phi) is 69.1. The number of unbranched alkanes of at least 4 members (excludes halogenated alkanes) is 1. The van der Waals surface area contributed by atoms with E-state index in [1.807, 2.05) is 0 Å². The van der Waals surface area contributed by atoms with Crippen LogP contribution in [-0.4, -0.2) is 75.2 Å². The molecule has 0 aliphatic rings. The van der Waals surface area contributed by atoms with E-state index in [4.69, 9.17) is 22.9 Å². The van der Waals surface area contributed by atoms with Crippen LogP contribution in [-0.2, 0) is 0 Å². The molecule has 0 amide bonds. The third kappa shape index (κ3) is 29.4. The van der Waals surface area contributed by atoms with Gasteiger partial charge in [0.15, 0.2) is 0 Å². The molecule has 6 nitrogen and oxygen atoms in total. The Morgan fingerprint density at radius 1 is 0.375 bits per heavy atom. The van der Waals surface area contributed by atoms with Crippen LogP contribution in [0, 0.1) is 0 Å². The molecule has 0 rings (SSSR count). The van der Waals surface area contributed by atoms with Gasteiger partial charge in [-0.15, -0.1) is 102 Å². The van der Waals surface area contributed by atoms with Crippen LogP contribution in [0.15, 0.2) is 0 Å². The van der Waals surface area contributed by atoms with Crippen molar-refractivity contribution in [1.82, 2.24) is 9.80 Å². The van der Waals surface area contributed by atoms with Gasteiger partial charge in [-0.1, -0.05) is 0 Å².